The molecule has 0 saturated heterocycles. The van der Waals surface area contributed by atoms with Gasteiger partial charge in [-0.05, 0) is 30.2 Å². The summed E-state index contributed by atoms with van der Waals surface area (Å²) in [6, 6.07) is 5.54. The summed E-state index contributed by atoms with van der Waals surface area (Å²) in [5.74, 6) is 0. The van der Waals surface area contributed by atoms with E-state index >= 15 is 0 Å². The van der Waals surface area contributed by atoms with Crippen LogP contribution in [0.1, 0.15) is 11.1 Å². The number of nitrogens with zero attached hydrogens (tertiary/aromatic N) is 3. The minimum absolute atomic E-state index is 0.310. The fraction of sp³-hybridized carbons (Fsp3) is 0.154. The molecule has 0 aliphatic rings. The summed E-state index contributed by atoms with van der Waals surface area (Å²) >= 11 is 0. The first kappa shape index (κ1) is 13.2. The van der Waals surface area contributed by atoms with Gasteiger partial charge >= 0.3 is 7.12 Å². The maximum atomic E-state index is 9.16. The quantitative estimate of drug-likeness (QED) is 0.762. The number of hydrogen-bond acceptors (Lipinski definition) is 5. The van der Waals surface area contributed by atoms with Gasteiger partial charge in [0.25, 0.3) is 0 Å². The molecule has 0 amide bonds. The third-order valence-corrected chi connectivity index (χ3v) is 2.92. The van der Waals surface area contributed by atoms with Gasteiger partial charge in [0, 0.05) is 29.6 Å². The highest BCUT2D eigenvalue weighted by Gasteiger charge is 2.14. The fourth-order valence-corrected chi connectivity index (χ4v) is 1.87. The molecule has 5 nitrogen and oxygen atoms in total. The molecule has 0 radical (unpaired) electrons. The van der Waals surface area contributed by atoms with Crippen molar-refractivity contribution in [3.8, 4) is 17.3 Å². The molecule has 2 rings (SSSR count). The lowest BCUT2D eigenvalue weighted by molar-refractivity contribution is 0.425. The van der Waals surface area contributed by atoms with Gasteiger partial charge in [0.15, 0.2) is 0 Å². The lowest BCUT2D eigenvalue weighted by Gasteiger charge is -2.09. The van der Waals surface area contributed by atoms with E-state index in [0.29, 0.717) is 23.1 Å². The molecule has 0 spiro atoms. The fourth-order valence-electron chi connectivity index (χ4n) is 1.87. The van der Waals surface area contributed by atoms with Gasteiger partial charge in [-0.2, -0.15) is 5.26 Å². The van der Waals surface area contributed by atoms with Crippen LogP contribution in [0.25, 0.3) is 11.3 Å². The molecule has 0 fully saturated rings. The van der Waals surface area contributed by atoms with Crippen molar-refractivity contribution in [2.24, 2.45) is 0 Å². The van der Waals surface area contributed by atoms with Crippen molar-refractivity contribution >= 4 is 12.6 Å². The second-order valence-corrected chi connectivity index (χ2v) is 4.16. The van der Waals surface area contributed by atoms with Crippen molar-refractivity contribution < 1.29 is 10.0 Å². The molecule has 0 aliphatic heterocycles. The van der Waals surface area contributed by atoms with Gasteiger partial charge in [-0.1, -0.05) is 0 Å². The van der Waals surface area contributed by atoms with E-state index in [9.17, 15) is 0 Å². The Hall–Kier alpha value is -2.23. The maximum Gasteiger partial charge on any atom is 0.490 e. The van der Waals surface area contributed by atoms with Crippen LogP contribution in [0.3, 0.4) is 0 Å². The Morgan fingerprint density at radius 1 is 1.37 bits per heavy atom. The van der Waals surface area contributed by atoms with E-state index < -0.39 is 7.12 Å². The highest BCUT2D eigenvalue weighted by Crippen LogP contribution is 2.22. The Bertz CT molecular complexity index is 638. The molecule has 2 N–H and O–H groups in total. The molecular weight excluding hydrogens is 241 g/mol. The van der Waals surface area contributed by atoms with Crippen molar-refractivity contribution in [2.45, 2.75) is 13.3 Å². The zero-order chi connectivity index (χ0) is 13.8. The number of rotatable bonds is 3. The number of aromatic nitrogens is 2. The minimum atomic E-state index is -1.56. The Kier molecular flexibility index (Phi) is 3.90. The number of hydrogen-bond donors (Lipinski definition) is 2. The summed E-state index contributed by atoms with van der Waals surface area (Å²) in [5.41, 5.74) is 3.51. The van der Waals surface area contributed by atoms with Gasteiger partial charge in [-0.25, -0.2) is 0 Å². The molecular formula is C13H12BN3O2. The molecule has 19 heavy (non-hydrogen) atoms. The normalized spacial score (nSPS) is 10.0. The average molecular weight is 253 g/mol. The maximum absolute atomic E-state index is 9.16. The van der Waals surface area contributed by atoms with Gasteiger partial charge in [-0.15, -0.1) is 0 Å². The lowest BCUT2D eigenvalue weighted by atomic mass is 9.80. The standard InChI is InChI=1S/C13H12BN3O2/c1-9-10(2-4-15)3-5-17-13(9)11-6-12(14(18)19)8-16-7-11/h3,5-8,18-19H,2H2,1H3. The second-order valence-electron chi connectivity index (χ2n) is 4.16. The van der Waals surface area contributed by atoms with E-state index in [2.05, 4.69) is 16.0 Å². The monoisotopic (exact) mass is 253 g/mol. The highest BCUT2D eigenvalue weighted by atomic mass is 16.4. The molecule has 0 unspecified atom stereocenters. The molecule has 0 atom stereocenters. The lowest BCUT2D eigenvalue weighted by Crippen LogP contribution is -2.30. The van der Waals surface area contributed by atoms with Crippen LogP contribution in [0.15, 0.2) is 30.7 Å². The third-order valence-electron chi connectivity index (χ3n) is 2.92. The zero-order valence-corrected chi connectivity index (χ0v) is 10.4. The molecule has 94 valence electrons. The summed E-state index contributed by atoms with van der Waals surface area (Å²) in [5, 5.41) is 27.1. The first-order valence-corrected chi connectivity index (χ1v) is 5.76. The Balaban J connectivity index is 2.50. The molecule has 0 saturated carbocycles. The molecule has 6 heteroatoms. The summed E-state index contributed by atoms with van der Waals surface area (Å²) < 4.78 is 0. The van der Waals surface area contributed by atoms with Crippen LogP contribution in [0.5, 0.6) is 0 Å². The Labute approximate surface area is 111 Å². The number of pyridine rings is 2. The van der Waals surface area contributed by atoms with E-state index in [1.165, 1.54) is 6.20 Å². The molecule has 2 heterocycles. The van der Waals surface area contributed by atoms with Crippen LogP contribution < -0.4 is 5.46 Å². The zero-order valence-electron chi connectivity index (χ0n) is 10.4. The van der Waals surface area contributed by atoms with Crippen molar-refractivity contribution in [1.29, 1.82) is 5.26 Å². The van der Waals surface area contributed by atoms with Crippen LogP contribution in [-0.2, 0) is 6.42 Å². The van der Waals surface area contributed by atoms with E-state index in [-0.39, 0.29) is 0 Å². The summed E-state index contributed by atoms with van der Waals surface area (Å²) in [6.45, 7) is 1.89. The summed E-state index contributed by atoms with van der Waals surface area (Å²) in [4.78, 5) is 8.25. The van der Waals surface area contributed by atoms with E-state index in [1.54, 1.807) is 24.5 Å². The van der Waals surface area contributed by atoms with Crippen LogP contribution in [-0.4, -0.2) is 27.1 Å². The first-order valence-electron chi connectivity index (χ1n) is 5.76. The Morgan fingerprint density at radius 3 is 2.84 bits per heavy atom. The van der Waals surface area contributed by atoms with Crippen molar-refractivity contribution in [1.82, 2.24) is 9.97 Å². The van der Waals surface area contributed by atoms with Gasteiger partial charge in [-0.3, -0.25) is 9.97 Å². The van der Waals surface area contributed by atoms with Crippen molar-refractivity contribution in [3.05, 3.63) is 41.9 Å². The number of nitriles is 1. The third kappa shape index (κ3) is 2.79. The van der Waals surface area contributed by atoms with Gasteiger partial charge in [0.05, 0.1) is 18.2 Å². The Morgan fingerprint density at radius 2 is 2.16 bits per heavy atom. The molecule has 0 aromatic carbocycles. The molecule has 0 aliphatic carbocycles. The van der Waals surface area contributed by atoms with E-state index in [4.69, 9.17) is 15.3 Å². The SMILES string of the molecule is Cc1c(CC#N)ccnc1-c1cncc(B(O)O)c1. The van der Waals surface area contributed by atoms with Crippen LogP contribution >= 0.6 is 0 Å². The van der Waals surface area contributed by atoms with Gasteiger partial charge in [0.1, 0.15) is 0 Å². The van der Waals surface area contributed by atoms with Crippen LogP contribution in [0.2, 0.25) is 0 Å². The van der Waals surface area contributed by atoms with Gasteiger partial charge in [0.2, 0.25) is 0 Å². The average Bonchev–Trinajstić information content (AvgIpc) is 2.41. The van der Waals surface area contributed by atoms with E-state index in [1.807, 2.05) is 6.92 Å². The van der Waals surface area contributed by atoms with Crippen molar-refractivity contribution in [2.75, 3.05) is 0 Å². The predicted octanol–water partition coefficient (Wildman–Crippen LogP) is 0.198. The summed E-state index contributed by atoms with van der Waals surface area (Å²) in [7, 11) is -1.56. The summed E-state index contributed by atoms with van der Waals surface area (Å²) in [6.07, 6.45) is 4.95. The predicted molar refractivity (Wildman–Crippen MR) is 71.3 cm³/mol. The van der Waals surface area contributed by atoms with Gasteiger partial charge < -0.3 is 10.0 Å². The topological polar surface area (TPSA) is 90.0 Å². The van der Waals surface area contributed by atoms with Crippen molar-refractivity contribution in [3.63, 3.8) is 0 Å². The molecule has 2 aromatic heterocycles. The second kappa shape index (κ2) is 5.61. The minimum Gasteiger partial charge on any atom is -0.423 e. The molecule has 0 bridgehead atoms. The smallest absolute Gasteiger partial charge is 0.423 e. The van der Waals surface area contributed by atoms with Crippen LogP contribution in [0.4, 0.5) is 0 Å². The van der Waals surface area contributed by atoms with E-state index in [0.717, 1.165) is 11.1 Å². The first-order chi connectivity index (χ1) is 9.13. The highest BCUT2D eigenvalue weighted by molar-refractivity contribution is 6.58. The largest absolute Gasteiger partial charge is 0.490 e. The molecule has 2 aromatic rings. The van der Waals surface area contributed by atoms with Crippen LogP contribution in [0, 0.1) is 18.3 Å².